The molecule has 1 fully saturated rings. The molecule has 116 valence electrons. The average molecular weight is 335 g/mol. The summed E-state index contributed by atoms with van der Waals surface area (Å²) >= 11 is 5.83. The van der Waals surface area contributed by atoms with E-state index in [0.29, 0.717) is 12.8 Å². The van der Waals surface area contributed by atoms with Crippen molar-refractivity contribution in [3.63, 3.8) is 0 Å². The van der Waals surface area contributed by atoms with Gasteiger partial charge < -0.3 is 9.84 Å². The van der Waals surface area contributed by atoms with Crippen LogP contribution in [0, 0.1) is 0 Å². The predicted molar refractivity (Wildman–Crippen MR) is 74.6 cm³/mol. The van der Waals surface area contributed by atoms with Crippen LogP contribution in [0.1, 0.15) is 12.8 Å². The average Bonchev–Trinajstić information content (AvgIpc) is 2.46. The molecule has 0 atom stereocenters. The lowest BCUT2D eigenvalue weighted by molar-refractivity contribution is -0.145. The predicted octanol–water partition coefficient (Wildman–Crippen LogP) is 0.989. The molecule has 1 aromatic heterocycles. The van der Waals surface area contributed by atoms with E-state index in [1.54, 1.807) is 0 Å². The third-order valence-corrected chi connectivity index (χ3v) is 5.53. The summed E-state index contributed by atoms with van der Waals surface area (Å²) in [5.41, 5.74) is 0. The summed E-state index contributed by atoms with van der Waals surface area (Å²) in [6, 6.07) is 2.93. The van der Waals surface area contributed by atoms with Crippen molar-refractivity contribution < 1.29 is 23.1 Å². The summed E-state index contributed by atoms with van der Waals surface area (Å²) in [5.74, 6) is -1.04. The van der Waals surface area contributed by atoms with Gasteiger partial charge in [0.15, 0.2) is 0 Å². The Morgan fingerprint density at radius 3 is 2.71 bits per heavy atom. The number of rotatable bonds is 5. The second kappa shape index (κ2) is 6.69. The number of sulfonamides is 1. The highest BCUT2D eigenvalue weighted by atomic mass is 35.5. The molecule has 2 heterocycles. The fraction of sp³-hybridized carbons (Fsp3) is 0.500. The Labute approximate surface area is 127 Å². The minimum Gasteiger partial charge on any atom is -0.480 e. The SMILES string of the molecule is O=C(O)COC1CCN(S(=O)(=O)c2cccnc2Cl)CC1. The van der Waals surface area contributed by atoms with Crippen molar-refractivity contribution in [3.05, 3.63) is 23.5 Å². The van der Waals surface area contributed by atoms with E-state index in [1.165, 1.54) is 22.6 Å². The van der Waals surface area contributed by atoms with Gasteiger partial charge in [0.05, 0.1) is 6.10 Å². The Kier molecular flexibility index (Phi) is 5.15. The van der Waals surface area contributed by atoms with Crippen LogP contribution >= 0.6 is 11.6 Å². The molecule has 1 aromatic rings. The molecule has 7 nitrogen and oxygen atoms in total. The Morgan fingerprint density at radius 2 is 2.14 bits per heavy atom. The molecule has 0 spiro atoms. The Morgan fingerprint density at radius 1 is 1.48 bits per heavy atom. The number of halogens is 1. The monoisotopic (exact) mass is 334 g/mol. The maximum atomic E-state index is 12.4. The van der Waals surface area contributed by atoms with Crippen LogP contribution < -0.4 is 0 Å². The summed E-state index contributed by atoms with van der Waals surface area (Å²) in [5, 5.41) is 8.50. The molecule has 0 unspecified atom stereocenters. The number of carboxylic acids is 1. The zero-order valence-electron chi connectivity index (χ0n) is 11.1. The van der Waals surface area contributed by atoms with Crippen LogP contribution in [-0.4, -0.2) is 54.6 Å². The van der Waals surface area contributed by atoms with Crippen LogP contribution in [0.25, 0.3) is 0 Å². The molecule has 1 saturated heterocycles. The van der Waals surface area contributed by atoms with E-state index in [1.807, 2.05) is 0 Å². The maximum absolute atomic E-state index is 12.4. The molecule has 2 rings (SSSR count). The Balaban J connectivity index is 2.01. The molecule has 0 aromatic carbocycles. The first-order chi connectivity index (χ1) is 9.91. The molecule has 0 amide bonds. The fourth-order valence-electron chi connectivity index (χ4n) is 2.13. The zero-order chi connectivity index (χ0) is 15.5. The van der Waals surface area contributed by atoms with E-state index in [2.05, 4.69) is 4.98 Å². The number of nitrogens with zero attached hydrogens (tertiary/aromatic N) is 2. The first kappa shape index (κ1) is 16.2. The molecule has 1 aliphatic rings. The van der Waals surface area contributed by atoms with Crippen molar-refractivity contribution >= 4 is 27.6 Å². The highest BCUT2D eigenvalue weighted by molar-refractivity contribution is 7.89. The van der Waals surface area contributed by atoms with Crippen LogP contribution in [-0.2, 0) is 19.6 Å². The highest BCUT2D eigenvalue weighted by Crippen LogP contribution is 2.25. The molecule has 0 saturated carbocycles. The van der Waals surface area contributed by atoms with E-state index in [4.69, 9.17) is 21.4 Å². The molecule has 0 radical (unpaired) electrons. The number of aliphatic carboxylic acids is 1. The second-order valence-electron chi connectivity index (χ2n) is 4.60. The number of aromatic nitrogens is 1. The lowest BCUT2D eigenvalue weighted by Gasteiger charge is -2.30. The van der Waals surface area contributed by atoms with Gasteiger partial charge in [-0.15, -0.1) is 0 Å². The van der Waals surface area contributed by atoms with Crippen molar-refractivity contribution in [2.75, 3.05) is 19.7 Å². The summed E-state index contributed by atoms with van der Waals surface area (Å²) in [6.07, 6.45) is 2.08. The summed E-state index contributed by atoms with van der Waals surface area (Å²) < 4.78 is 31.4. The zero-order valence-corrected chi connectivity index (χ0v) is 12.7. The van der Waals surface area contributed by atoms with E-state index in [9.17, 15) is 13.2 Å². The Bertz CT molecular complexity index is 614. The maximum Gasteiger partial charge on any atom is 0.329 e. The number of ether oxygens (including phenoxy) is 1. The van der Waals surface area contributed by atoms with E-state index in [0.717, 1.165) is 0 Å². The third-order valence-electron chi connectivity index (χ3n) is 3.19. The normalized spacial score (nSPS) is 17.8. The van der Waals surface area contributed by atoms with Crippen molar-refractivity contribution in [1.82, 2.24) is 9.29 Å². The van der Waals surface area contributed by atoms with Crippen LogP contribution in [0.5, 0.6) is 0 Å². The van der Waals surface area contributed by atoms with Gasteiger partial charge in [-0.3, -0.25) is 0 Å². The molecular formula is C12H15ClN2O5S. The lowest BCUT2D eigenvalue weighted by atomic mass is 10.1. The fourth-order valence-corrected chi connectivity index (χ4v) is 4.03. The van der Waals surface area contributed by atoms with Gasteiger partial charge in [0, 0.05) is 19.3 Å². The molecule has 21 heavy (non-hydrogen) atoms. The van der Waals surface area contributed by atoms with Gasteiger partial charge in [0.1, 0.15) is 16.7 Å². The number of hydrogen-bond acceptors (Lipinski definition) is 5. The van der Waals surface area contributed by atoms with Gasteiger partial charge in [-0.05, 0) is 25.0 Å². The van der Waals surface area contributed by atoms with Gasteiger partial charge >= 0.3 is 5.97 Å². The van der Waals surface area contributed by atoms with Gasteiger partial charge in [-0.1, -0.05) is 11.6 Å². The molecule has 0 bridgehead atoms. The van der Waals surface area contributed by atoms with Crippen molar-refractivity contribution in [2.45, 2.75) is 23.8 Å². The first-order valence-corrected chi connectivity index (χ1v) is 8.17. The molecule has 1 N–H and O–H groups in total. The minimum atomic E-state index is -3.68. The number of carboxylic acid groups (broad SMARTS) is 1. The largest absolute Gasteiger partial charge is 0.480 e. The summed E-state index contributed by atoms with van der Waals surface area (Å²) in [6.45, 7) is 0.154. The molecule has 0 aliphatic carbocycles. The van der Waals surface area contributed by atoms with Gasteiger partial charge in [0.25, 0.3) is 0 Å². The smallest absolute Gasteiger partial charge is 0.329 e. The van der Waals surface area contributed by atoms with E-state index < -0.39 is 16.0 Å². The highest BCUT2D eigenvalue weighted by Gasteiger charge is 2.31. The van der Waals surface area contributed by atoms with Crippen molar-refractivity contribution in [1.29, 1.82) is 0 Å². The summed E-state index contributed by atoms with van der Waals surface area (Å²) in [4.78, 5) is 14.2. The van der Waals surface area contributed by atoms with Crippen molar-refractivity contribution in [2.24, 2.45) is 0 Å². The van der Waals surface area contributed by atoms with E-state index >= 15 is 0 Å². The van der Waals surface area contributed by atoms with Gasteiger partial charge in [-0.25, -0.2) is 18.2 Å². The topological polar surface area (TPSA) is 96.8 Å². The number of carbonyl (C=O) groups is 1. The lowest BCUT2D eigenvalue weighted by Crippen LogP contribution is -2.41. The standard InChI is InChI=1S/C12H15ClN2O5S/c13-12-10(2-1-5-14-12)21(18,19)15-6-3-9(4-7-15)20-8-11(16)17/h1-2,5,9H,3-4,6-8H2,(H,16,17). The van der Waals surface area contributed by atoms with Crippen molar-refractivity contribution in [3.8, 4) is 0 Å². The van der Waals surface area contributed by atoms with Crippen LogP contribution in [0.3, 0.4) is 0 Å². The first-order valence-electron chi connectivity index (χ1n) is 6.35. The van der Waals surface area contributed by atoms with E-state index in [-0.39, 0.29) is 35.8 Å². The quantitative estimate of drug-likeness (QED) is 0.806. The van der Waals surface area contributed by atoms with Crippen LogP contribution in [0.2, 0.25) is 5.15 Å². The second-order valence-corrected chi connectivity index (χ2v) is 6.86. The van der Waals surface area contributed by atoms with Gasteiger partial charge in [-0.2, -0.15) is 4.31 Å². The number of piperidine rings is 1. The van der Waals surface area contributed by atoms with Crippen LogP contribution in [0.4, 0.5) is 0 Å². The third kappa shape index (κ3) is 3.91. The number of hydrogen-bond donors (Lipinski definition) is 1. The minimum absolute atomic E-state index is 0.0171. The number of pyridine rings is 1. The molecule has 1 aliphatic heterocycles. The molecular weight excluding hydrogens is 320 g/mol. The molecule has 9 heteroatoms. The van der Waals surface area contributed by atoms with Crippen LogP contribution in [0.15, 0.2) is 23.2 Å². The summed E-state index contributed by atoms with van der Waals surface area (Å²) in [7, 11) is -3.68. The van der Waals surface area contributed by atoms with Gasteiger partial charge in [0.2, 0.25) is 10.0 Å². The Hall–Kier alpha value is -1.22.